The van der Waals surface area contributed by atoms with Gasteiger partial charge in [0.1, 0.15) is 0 Å². The molecular weight excluding hydrogens is 398 g/mol. The molecule has 32 heavy (non-hydrogen) atoms. The van der Waals surface area contributed by atoms with E-state index in [0.717, 1.165) is 36.9 Å². The van der Waals surface area contributed by atoms with Crippen molar-refractivity contribution in [2.45, 2.75) is 30.8 Å². The number of imide groups is 1. The van der Waals surface area contributed by atoms with E-state index in [1.165, 1.54) is 10.5 Å². The molecule has 5 nitrogen and oxygen atoms in total. The van der Waals surface area contributed by atoms with Crippen molar-refractivity contribution in [2.75, 3.05) is 13.2 Å². The van der Waals surface area contributed by atoms with Gasteiger partial charge in [-0.25, -0.2) is 9.69 Å². The fourth-order valence-electron chi connectivity index (χ4n) is 5.02. The van der Waals surface area contributed by atoms with Gasteiger partial charge >= 0.3 is 6.03 Å². The van der Waals surface area contributed by atoms with Crippen LogP contribution in [0, 0.1) is 0 Å². The molecule has 3 amide bonds. The molecule has 0 radical (unpaired) electrons. The Morgan fingerprint density at radius 2 is 1.38 bits per heavy atom. The summed E-state index contributed by atoms with van der Waals surface area (Å²) >= 11 is 0. The van der Waals surface area contributed by atoms with Crippen LogP contribution in [0.4, 0.5) is 4.79 Å². The Kier molecular flexibility index (Phi) is 5.50. The monoisotopic (exact) mass is 425 g/mol. The van der Waals surface area contributed by atoms with Crippen LogP contribution >= 0.6 is 0 Å². The van der Waals surface area contributed by atoms with Crippen LogP contribution in [-0.4, -0.2) is 41.0 Å². The first-order valence-electron chi connectivity index (χ1n) is 11.2. The normalized spacial score (nSPS) is 20.5. The average molecular weight is 426 g/mol. The highest BCUT2D eigenvalue weighted by molar-refractivity contribution is 6.09. The van der Waals surface area contributed by atoms with Crippen LogP contribution in [0.15, 0.2) is 91.0 Å². The Morgan fingerprint density at radius 3 is 1.97 bits per heavy atom. The molecule has 0 bridgehead atoms. The van der Waals surface area contributed by atoms with Gasteiger partial charge < -0.3 is 5.32 Å². The van der Waals surface area contributed by atoms with Crippen LogP contribution in [0.3, 0.4) is 0 Å². The third kappa shape index (κ3) is 3.59. The molecule has 3 aromatic carbocycles. The number of nitrogens with zero attached hydrogens (tertiary/aromatic N) is 2. The molecule has 2 heterocycles. The Hall–Kier alpha value is -3.44. The summed E-state index contributed by atoms with van der Waals surface area (Å²) in [7, 11) is 0. The summed E-state index contributed by atoms with van der Waals surface area (Å²) in [5, 5.41) is 3.05. The fraction of sp³-hybridized carbons (Fsp3) is 0.259. The number of nitrogens with one attached hydrogen (secondary N) is 1. The summed E-state index contributed by atoms with van der Waals surface area (Å²) in [6, 6.07) is 29.5. The number of carbonyl (C=O) groups is 2. The molecule has 2 fully saturated rings. The van der Waals surface area contributed by atoms with Gasteiger partial charge in [-0.1, -0.05) is 91.0 Å². The van der Waals surface area contributed by atoms with Crippen LogP contribution in [0.25, 0.3) is 0 Å². The first kappa shape index (κ1) is 20.5. The first-order chi connectivity index (χ1) is 15.7. The van der Waals surface area contributed by atoms with E-state index in [-0.39, 0.29) is 11.9 Å². The Morgan fingerprint density at radius 1 is 0.812 bits per heavy atom. The van der Waals surface area contributed by atoms with Crippen LogP contribution in [0.2, 0.25) is 0 Å². The van der Waals surface area contributed by atoms with Gasteiger partial charge in [0, 0.05) is 12.6 Å². The van der Waals surface area contributed by atoms with Crippen molar-refractivity contribution in [3.8, 4) is 0 Å². The average Bonchev–Trinajstić information content (AvgIpc) is 3.38. The summed E-state index contributed by atoms with van der Waals surface area (Å²) in [6.07, 6.45) is 3.07. The second-order valence-corrected chi connectivity index (χ2v) is 8.58. The number of hydrogen-bond acceptors (Lipinski definition) is 3. The van der Waals surface area contributed by atoms with Gasteiger partial charge in [0.25, 0.3) is 5.91 Å². The second-order valence-electron chi connectivity index (χ2n) is 8.58. The van der Waals surface area contributed by atoms with Crippen LogP contribution < -0.4 is 5.32 Å². The Balaban J connectivity index is 1.43. The zero-order chi connectivity index (χ0) is 22.0. The Bertz CT molecular complexity index is 1050. The van der Waals surface area contributed by atoms with E-state index < -0.39 is 5.54 Å². The summed E-state index contributed by atoms with van der Waals surface area (Å²) in [6.45, 7) is 1.20. The molecule has 2 saturated heterocycles. The molecule has 2 aliphatic rings. The van der Waals surface area contributed by atoms with E-state index in [2.05, 4.69) is 34.5 Å². The molecule has 2 aliphatic heterocycles. The number of carbonyl (C=O) groups excluding carboxylic acids is 2. The highest BCUT2D eigenvalue weighted by Crippen LogP contribution is 2.36. The van der Waals surface area contributed by atoms with Crippen LogP contribution in [0.5, 0.6) is 0 Å². The highest BCUT2D eigenvalue weighted by Gasteiger charge is 2.54. The molecule has 1 atom stereocenters. The van der Waals surface area contributed by atoms with Gasteiger partial charge in [0.05, 0.1) is 6.67 Å². The first-order valence-corrected chi connectivity index (χ1v) is 11.2. The summed E-state index contributed by atoms with van der Waals surface area (Å²) in [5.41, 5.74) is 1.63. The quantitative estimate of drug-likeness (QED) is 0.604. The van der Waals surface area contributed by atoms with E-state index in [0.29, 0.717) is 12.7 Å². The molecular formula is C27H27N3O2. The summed E-state index contributed by atoms with van der Waals surface area (Å²) in [5.74, 6) is -0.217. The lowest BCUT2D eigenvalue weighted by Crippen LogP contribution is -2.47. The molecule has 0 aliphatic carbocycles. The number of urea groups is 1. The van der Waals surface area contributed by atoms with Crippen LogP contribution in [-0.2, 0) is 16.8 Å². The standard InChI is InChI=1S/C27H27N3O2/c31-25-27(22-13-6-2-7-14-22,23-15-8-3-9-16-23)28-26(32)30(25)20-29-18-10-17-24(29)19-21-11-4-1-5-12-21/h1-9,11-16,24H,10,17-20H2,(H,28,32). The number of hydrogen-bond donors (Lipinski definition) is 1. The van der Waals surface area contributed by atoms with Gasteiger partial charge in [-0.05, 0) is 36.0 Å². The molecule has 3 aromatic rings. The number of benzene rings is 3. The molecule has 0 spiro atoms. The lowest BCUT2D eigenvalue weighted by Gasteiger charge is -2.30. The zero-order valence-corrected chi connectivity index (χ0v) is 18.0. The predicted molar refractivity (Wildman–Crippen MR) is 124 cm³/mol. The molecule has 0 aromatic heterocycles. The minimum Gasteiger partial charge on any atom is -0.315 e. The molecule has 1 N–H and O–H groups in total. The second kappa shape index (κ2) is 8.60. The molecule has 1 unspecified atom stereocenters. The third-order valence-electron chi connectivity index (χ3n) is 6.66. The van der Waals surface area contributed by atoms with Crippen molar-refractivity contribution in [1.29, 1.82) is 0 Å². The van der Waals surface area contributed by atoms with Crippen molar-refractivity contribution in [3.63, 3.8) is 0 Å². The third-order valence-corrected chi connectivity index (χ3v) is 6.66. The van der Waals surface area contributed by atoms with Crippen molar-refractivity contribution in [2.24, 2.45) is 0 Å². The molecule has 5 rings (SSSR count). The minimum atomic E-state index is -1.20. The number of likely N-dealkylation sites (tertiary alicyclic amines) is 1. The van der Waals surface area contributed by atoms with Gasteiger partial charge in [0.2, 0.25) is 0 Å². The van der Waals surface area contributed by atoms with Gasteiger partial charge in [-0.15, -0.1) is 0 Å². The lowest BCUT2D eigenvalue weighted by molar-refractivity contribution is -0.131. The molecule has 0 saturated carbocycles. The zero-order valence-electron chi connectivity index (χ0n) is 18.0. The topological polar surface area (TPSA) is 52.7 Å². The van der Waals surface area contributed by atoms with Crippen molar-refractivity contribution in [1.82, 2.24) is 15.1 Å². The van der Waals surface area contributed by atoms with E-state index in [1.54, 1.807) is 0 Å². The highest BCUT2D eigenvalue weighted by atomic mass is 16.2. The maximum Gasteiger partial charge on any atom is 0.326 e. The van der Waals surface area contributed by atoms with Crippen LogP contribution in [0.1, 0.15) is 29.5 Å². The van der Waals surface area contributed by atoms with E-state index in [9.17, 15) is 9.59 Å². The van der Waals surface area contributed by atoms with E-state index >= 15 is 0 Å². The van der Waals surface area contributed by atoms with E-state index in [1.807, 2.05) is 66.7 Å². The Labute approximate surface area is 188 Å². The largest absolute Gasteiger partial charge is 0.326 e. The smallest absolute Gasteiger partial charge is 0.315 e. The fourth-order valence-corrected chi connectivity index (χ4v) is 5.02. The van der Waals surface area contributed by atoms with Gasteiger partial charge in [-0.3, -0.25) is 9.69 Å². The van der Waals surface area contributed by atoms with Gasteiger partial charge in [-0.2, -0.15) is 0 Å². The maximum atomic E-state index is 13.9. The molecule has 5 heteroatoms. The lowest BCUT2D eigenvalue weighted by atomic mass is 9.83. The number of amides is 3. The summed E-state index contributed by atoms with van der Waals surface area (Å²) in [4.78, 5) is 30.7. The van der Waals surface area contributed by atoms with Crippen molar-refractivity contribution >= 4 is 11.9 Å². The van der Waals surface area contributed by atoms with Gasteiger partial charge in [0.15, 0.2) is 5.54 Å². The van der Waals surface area contributed by atoms with Crippen molar-refractivity contribution < 1.29 is 9.59 Å². The predicted octanol–water partition coefficient (Wildman–Crippen LogP) is 4.15. The number of rotatable bonds is 6. The minimum absolute atomic E-state index is 0.217. The SMILES string of the molecule is O=C1NC(c2ccccc2)(c2ccccc2)C(=O)N1CN1CCCC1Cc1ccccc1. The van der Waals surface area contributed by atoms with Crippen molar-refractivity contribution in [3.05, 3.63) is 108 Å². The van der Waals surface area contributed by atoms with E-state index in [4.69, 9.17) is 0 Å². The summed E-state index contributed by atoms with van der Waals surface area (Å²) < 4.78 is 0. The maximum absolute atomic E-state index is 13.9. The molecule has 162 valence electrons.